The first kappa shape index (κ1) is 18.6. The summed E-state index contributed by atoms with van der Waals surface area (Å²) >= 11 is 1.38. The Morgan fingerprint density at radius 2 is 1.68 bits per heavy atom. The molecule has 2 aliphatic heterocycles. The van der Waals surface area contributed by atoms with Gasteiger partial charge in [0.15, 0.2) is 0 Å². The minimum absolute atomic E-state index is 0.141. The van der Waals surface area contributed by atoms with Crippen molar-refractivity contribution >= 4 is 29.5 Å². The monoisotopic (exact) mass is 396 g/mol. The summed E-state index contributed by atoms with van der Waals surface area (Å²) in [5.41, 5.74) is 1.81. The Balaban J connectivity index is 1.28. The average molecular weight is 396 g/mol. The van der Waals surface area contributed by atoms with Crippen molar-refractivity contribution in [2.24, 2.45) is 0 Å². The summed E-state index contributed by atoms with van der Waals surface area (Å²) in [5.74, 6) is -0.664. The Bertz CT molecular complexity index is 874. The quantitative estimate of drug-likeness (QED) is 0.595. The Hall–Kier alpha value is -2.80. The van der Waals surface area contributed by atoms with Crippen molar-refractivity contribution < 1.29 is 19.1 Å². The molecule has 0 aliphatic carbocycles. The third kappa shape index (κ3) is 3.89. The number of amides is 2. The largest absolute Gasteiger partial charge is 0.460 e. The number of β-lactam (4-membered cyclic amide) rings is 1. The van der Waals surface area contributed by atoms with E-state index in [4.69, 9.17) is 4.74 Å². The first-order valence-electron chi connectivity index (χ1n) is 9.11. The molecule has 2 saturated heterocycles. The SMILES string of the molecule is O=C(Cc1ccccc1)N[C@@H]1C(=O)N2CC(C(=O)OCc3ccccc3)S[C@H]12. The molecule has 2 aromatic carbocycles. The van der Waals surface area contributed by atoms with Crippen LogP contribution in [0.5, 0.6) is 0 Å². The van der Waals surface area contributed by atoms with E-state index in [1.807, 2.05) is 60.7 Å². The fourth-order valence-electron chi connectivity index (χ4n) is 3.35. The van der Waals surface area contributed by atoms with Gasteiger partial charge in [-0.1, -0.05) is 60.7 Å². The van der Waals surface area contributed by atoms with E-state index in [2.05, 4.69) is 5.32 Å². The van der Waals surface area contributed by atoms with Gasteiger partial charge in [0.2, 0.25) is 11.8 Å². The number of hydrogen-bond donors (Lipinski definition) is 1. The van der Waals surface area contributed by atoms with Gasteiger partial charge in [-0.15, -0.1) is 11.8 Å². The summed E-state index contributed by atoms with van der Waals surface area (Å²) in [7, 11) is 0. The van der Waals surface area contributed by atoms with Crippen LogP contribution < -0.4 is 5.32 Å². The van der Waals surface area contributed by atoms with Gasteiger partial charge < -0.3 is 15.0 Å². The molecule has 0 saturated carbocycles. The fourth-order valence-corrected chi connectivity index (χ4v) is 4.79. The van der Waals surface area contributed by atoms with Crippen molar-refractivity contribution in [3.63, 3.8) is 0 Å². The maximum atomic E-state index is 12.3. The third-order valence-corrected chi connectivity index (χ3v) is 6.29. The molecule has 0 aromatic heterocycles. The summed E-state index contributed by atoms with van der Waals surface area (Å²) in [4.78, 5) is 38.5. The summed E-state index contributed by atoms with van der Waals surface area (Å²) in [6.07, 6.45) is 0.227. The average Bonchev–Trinajstić information content (AvgIpc) is 3.13. The molecule has 4 rings (SSSR count). The molecule has 1 unspecified atom stereocenters. The van der Waals surface area contributed by atoms with Gasteiger partial charge in [0, 0.05) is 6.54 Å². The van der Waals surface area contributed by atoms with E-state index < -0.39 is 11.3 Å². The van der Waals surface area contributed by atoms with E-state index in [0.717, 1.165) is 11.1 Å². The fraction of sp³-hybridized carbons (Fsp3) is 0.286. The third-order valence-electron chi connectivity index (χ3n) is 4.82. The topological polar surface area (TPSA) is 75.7 Å². The van der Waals surface area contributed by atoms with Crippen molar-refractivity contribution in [1.82, 2.24) is 10.2 Å². The van der Waals surface area contributed by atoms with E-state index in [0.29, 0.717) is 6.54 Å². The maximum absolute atomic E-state index is 12.3. The number of carbonyl (C=O) groups excluding carboxylic acids is 3. The predicted octanol–water partition coefficient (Wildman–Crippen LogP) is 1.74. The molecule has 7 heteroatoms. The lowest BCUT2D eigenvalue weighted by Crippen LogP contribution is -2.67. The second-order valence-electron chi connectivity index (χ2n) is 6.81. The number of ether oxygens (including phenoxy) is 1. The number of hydrogen-bond acceptors (Lipinski definition) is 5. The van der Waals surface area contributed by atoms with Crippen molar-refractivity contribution in [1.29, 1.82) is 0 Å². The summed E-state index contributed by atoms with van der Waals surface area (Å²) in [5, 5.41) is 2.17. The van der Waals surface area contributed by atoms with Gasteiger partial charge in [-0.2, -0.15) is 0 Å². The van der Waals surface area contributed by atoms with Crippen LogP contribution in [0.1, 0.15) is 11.1 Å². The van der Waals surface area contributed by atoms with Crippen LogP contribution >= 0.6 is 11.8 Å². The molecule has 0 spiro atoms. The van der Waals surface area contributed by atoms with E-state index in [-0.39, 0.29) is 36.2 Å². The van der Waals surface area contributed by atoms with Crippen LogP contribution in [0.4, 0.5) is 0 Å². The van der Waals surface area contributed by atoms with E-state index in [1.165, 1.54) is 11.8 Å². The molecule has 2 aromatic rings. The molecule has 2 amide bonds. The van der Waals surface area contributed by atoms with Crippen molar-refractivity contribution in [3.8, 4) is 0 Å². The number of rotatable bonds is 6. The molecule has 2 heterocycles. The van der Waals surface area contributed by atoms with E-state index in [1.54, 1.807) is 4.90 Å². The van der Waals surface area contributed by atoms with Crippen LogP contribution in [0.3, 0.4) is 0 Å². The Morgan fingerprint density at radius 1 is 1.04 bits per heavy atom. The number of carbonyl (C=O) groups is 3. The van der Waals surface area contributed by atoms with Crippen LogP contribution in [0.2, 0.25) is 0 Å². The van der Waals surface area contributed by atoms with Crippen LogP contribution in [-0.2, 0) is 32.1 Å². The van der Waals surface area contributed by atoms with E-state index in [9.17, 15) is 14.4 Å². The zero-order valence-electron chi connectivity index (χ0n) is 15.1. The highest BCUT2D eigenvalue weighted by Gasteiger charge is 2.55. The maximum Gasteiger partial charge on any atom is 0.321 e. The molecule has 144 valence electrons. The van der Waals surface area contributed by atoms with Crippen LogP contribution in [0, 0.1) is 0 Å². The number of nitrogens with one attached hydrogen (secondary N) is 1. The highest BCUT2D eigenvalue weighted by Crippen LogP contribution is 2.40. The normalized spacial score (nSPS) is 22.9. The Kier molecular flexibility index (Phi) is 5.34. The molecule has 0 bridgehead atoms. The number of esters is 1. The second-order valence-corrected chi connectivity index (χ2v) is 8.13. The van der Waals surface area contributed by atoms with Crippen LogP contribution in [0.25, 0.3) is 0 Å². The summed E-state index contributed by atoms with van der Waals surface area (Å²) < 4.78 is 5.38. The first-order chi connectivity index (χ1) is 13.6. The van der Waals surface area contributed by atoms with Crippen LogP contribution in [0.15, 0.2) is 60.7 Å². The van der Waals surface area contributed by atoms with Crippen molar-refractivity contribution in [2.75, 3.05) is 6.54 Å². The highest BCUT2D eigenvalue weighted by molar-refractivity contribution is 8.01. The minimum atomic E-state index is -0.576. The van der Waals surface area contributed by atoms with Gasteiger partial charge in [-0.05, 0) is 11.1 Å². The van der Waals surface area contributed by atoms with Crippen LogP contribution in [-0.4, -0.2) is 45.9 Å². The second kappa shape index (κ2) is 8.06. The zero-order chi connectivity index (χ0) is 19.5. The lowest BCUT2D eigenvalue weighted by atomic mass is 10.1. The number of benzene rings is 2. The van der Waals surface area contributed by atoms with Gasteiger partial charge in [-0.25, -0.2) is 0 Å². The first-order valence-corrected chi connectivity index (χ1v) is 10.1. The zero-order valence-corrected chi connectivity index (χ0v) is 15.9. The Morgan fingerprint density at radius 3 is 2.36 bits per heavy atom. The van der Waals surface area contributed by atoms with Gasteiger partial charge in [0.25, 0.3) is 0 Å². The highest BCUT2D eigenvalue weighted by atomic mass is 32.2. The van der Waals surface area contributed by atoms with Gasteiger partial charge in [0.1, 0.15) is 23.3 Å². The molecule has 0 radical (unpaired) electrons. The predicted molar refractivity (Wildman–Crippen MR) is 105 cm³/mol. The van der Waals surface area contributed by atoms with Gasteiger partial charge in [-0.3, -0.25) is 14.4 Å². The van der Waals surface area contributed by atoms with Gasteiger partial charge >= 0.3 is 5.97 Å². The Labute approximate surface area is 167 Å². The lowest BCUT2D eigenvalue weighted by Gasteiger charge is -2.41. The standard InChI is InChI=1S/C21H20N2O4S/c24-17(11-14-7-3-1-4-8-14)22-18-19(25)23-12-16(28-20(18)23)21(26)27-13-15-9-5-2-6-10-15/h1-10,16,18,20H,11-13H2,(H,22,24)/t16?,18-,20-/m1/s1. The lowest BCUT2D eigenvalue weighted by molar-refractivity contribution is -0.149. The number of nitrogens with zero attached hydrogens (tertiary/aromatic N) is 1. The molecule has 3 atom stereocenters. The number of thioether (sulfide) groups is 1. The molecule has 6 nitrogen and oxygen atoms in total. The number of fused-ring (bicyclic) bond motifs is 1. The van der Waals surface area contributed by atoms with Crippen molar-refractivity contribution in [2.45, 2.75) is 29.7 Å². The molecule has 2 fully saturated rings. The molecule has 1 N–H and O–H groups in total. The van der Waals surface area contributed by atoms with Crippen molar-refractivity contribution in [3.05, 3.63) is 71.8 Å². The molecular weight excluding hydrogens is 376 g/mol. The minimum Gasteiger partial charge on any atom is -0.460 e. The van der Waals surface area contributed by atoms with Gasteiger partial charge in [0.05, 0.1) is 6.42 Å². The summed E-state index contributed by atoms with van der Waals surface area (Å²) in [6.45, 7) is 0.541. The molecule has 28 heavy (non-hydrogen) atoms. The van der Waals surface area contributed by atoms with E-state index >= 15 is 0 Å². The molecule has 2 aliphatic rings. The molecular formula is C21H20N2O4S. The summed E-state index contributed by atoms with van der Waals surface area (Å²) in [6, 6.07) is 18.3. The smallest absolute Gasteiger partial charge is 0.321 e.